The van der Waals surface area contributed by atoms with Crippen LogP contribution in [0.3, 0.4) is 0 Å². The predicted octanol–water partition coefficient (Wildman–Crippen LogP) is 6.24. The van der Waals surface area contributed by atoms with Crippen LogP contribution in [0.25, 0.3) is 0 Å². The van der Waals surface area contributed by atoms with Crippen molar-refractivity contribution in [3.63, 3.8) is 0 Å². The van der Waals surface area contributed by atoms with E-state index in [9.17, 15) is 22.8 Å². The minimum absolute atomic E-state index is 0.0352. The first-order valence-corrected chi connectivity index (χ1v) is 10.2. The minimum Gasteiger partial charge on any atom is -0.493 e. The first-order valence-electron chi connectivity index (χ1n) is 10.2. The number of benzene rings is 3. The molecule has 0 aromatic heterocycles. The molecule has 3 aromatic carbocycles. The van der Waals surface area contributed by atoms with Gasteiger partial charge in [0.15, 0.2) is 0 Å². The fourth-order valence-electron chi connectivity index (χ4n) is 2.85. The summed E-state index contributed by atoms with van der Waals surface area (Å²) in [7, 11) is 0. The molecular weight excluding hydrogens is 433 g/mol. The average Bonchev–Trinajstić information content (AvgIpc) is 2.78. The summed E-state index contributed by atoms with van der Waals surface area (Å²) >= 11 is 0. The molecule has 0 aliphatic heterocycles. The number of amides is 2. The highest BCUT2D eigenvalue weighted by Crippen LogP contribution is 2.30. The molecule has 0 aliphatic carbocycles. The summed E-state index contributed by atoms with van der Waals surface area (Å²) in [6, 6.07) is 17.2. The quantitative estimate of drug-likeness (QED) is 0.442. The average molecular weight is 456 g/mol. The molecule has 3 rings (SSSR count). The molecule has 0 aliphatic rings. The third-order valence-corrected chi connectivity index (χ3v) is 4.55. The number of hydrogen-bond donors (Lipinski definition) is 2. The molecule has 2 amide bonds. The van der Waals surface area contributed by atoms with Crippen molar-refractivity contribution >= 4 is 23.2 Å². The number of carbonyl (C=O) groups excluding carboxylic acids is 2. The highest BCUT2D eigenvalue weighted by Gasteiger charge is 2.30. The summed E-state index contributed by atoms with van der Waals surface area (Å²) in [5.74, 6) is 0.176. The lowest BCUT2D eigenvalue weighted by Crippen LogP contribution is -2.14. The van der Waals surface area contributed by atoms with E-state index >= 15 is 0 Å². The Labute approximate surface area is 189 Å². The van der Waals surface area contributed by atoms with Gasteiger partial charge in [0.25, 0.3) is 11.8 Å². The monoisotopic (exact) mass is 456 g/mol. The number of nitrogens with one attached hydrogen (secondary N) is 2. The van der Waals surface area contributed by atoms with Crippen LogP contribution < -0.4 is 15.4 Å². The van der Waals surface area contributed by atoms with E-state index in [1.54, 1.807) is 36.4 Å². The van der Waals surface area contributed by atoms with Crippen molar-refractivity contribution in [2.75, 3.05) is 17.2 Å². The van der Waals surface area contributed by atoms with Crippen molar-refractivity contribution in [3.05, 3.63) is 89.5 Å². The zero-order valence-electron chi connectivity index (χ0n) is 18.1. The van der Waals surface area contributed by atoms with Crippen LogP contribution in [0.15, 0.2) is 72.8 Å². The third kappa shape index (κ3) is 6.83. The van der Waals surface area contributed by atoms with Gasteiger partial charge in [0.2, 0.25) is 0 Å². The minimum atomic E-state index is -4.50. The highest BCUT2D eigenvalue weighted by atomic mass is 19.4. The van der Waals surface area contributed by atoms with Crippen molar-refractivity contribution < 1.29 is 27.5 Å². The van der Waals surface area contributed by atoms with Gasteiger partial charge < -0.3 is 15.4 Å². The fraction of sp³-hybridized carbons (Fsp3) is 0.200. The van der Waals surface area contributed by atoms with Gasteiger partial charge in [-0.1, -0.05) is 19.9 Å². The van der Waals surface area contributed by atoms with Crippen LogP contribution >= 0.6 is 0 Å². The van der Waals surface area contributed by atoms with E-state index in [0.29, 0.717) is 29.5 Å². The van der Waals surface area contributed by atoms with Crippen molar-refractivity contribution in [1.82, 2.24) is 0 Å². The van der Waals surface area contributed by atoms with Crippen molar-refractivity contribution in [3.8, 4) is 5.75 Å². The molecule has 172 valence electrons. The Kier molecular flexibility index (Phi) is 7.37. The largest absolute Gasteiger partial charge is 0.493 e. The topological polar surface area (TPSA) is 67.4 Å². The zero-order valence-corrected chi connectivity index (χ0v) is 18.1. The van der Waals surface area contributed by atoms with Gasteiger partial charge in [-0.05, 0) is 72.6 Å². The molecule has 0 bridgehead atoms. The molecule has 0 radical (unpaired) electrons. The van der Waals surface area contributed by atoms with E-state index in [0.717, 1.165) is 12.1 Å². The zero-order chi connectivity index (χ0) is 24.0. The molecule has 0 fully saturated rings. The molecule has 0 unspecified atom stereocenters. The van der Waals surface area contributed by atoms with Crippen LogP contribution in [0, 0.1) is 5.92 Å². The second kappa shape index (κ2) is 10.2. The van der Waals surface area contributed by atoms with E-state index in [1.165, 1.54) is 24.3 Å². The molecule has 0 spiro atoms. The smallest absolute Gasteiger partial charge is 0.416 e. The maximum atomic E-state index is 12.8. The Morgan fingerprint density at radius 2 is 1.36 bits per heavy atom. The van der Waals surface area contributed by atoms with Gasteiger partial charge in [0.05, 0.1) is 12.2 Å². The Bertz CT molecular complexity index is 1110. The van der Waals surface area contributed by atoms with Gasteiger partial charge in [-0.3, -0.25) is 9.59 Å². The second-order valence-electron chi connectivity index (χ2n) is 7.79. The first-order chi connectivity index (χ1) is 15.6. The van der Waals surface area contributed by atoms with Crippen molar-refractivity contribution in [2.45, 2.75) is 20.0 Å². The van der Waals surface area contributed by atoms with Crippen LogP contribution in [0.2, 0.25) is 0 Å². The van der Waals surface area contributed by atoms with E-state index < -0.39 is 17.6 Å². The van der Waals surface area contributed by atoms with Gasteiger partial charge in [-0.2, -0.15) is 13.2 Å². The molecule has 0 saturated heterocycles. The first kappa shape index (κ1) is 23.8. The molecule has 33 heavy (non-hydrogen) atoms. The van der Waals surface area contributed by atoms with Crippen LogP contribution in [0.1, 0.15) is 40.1 Å². The molecule has 0 saturated carbocycles. The van der Waals surface area contributed by atoms with Gasteiger partial charge >= 0.3 is 6.18 Å². The van der Waals surface area contributed by atoms with Gasteiger partial charge in [-0.15, -0.1) is 0 Å². The summed E-state index contributed by atoms with van der Waals surface area (Å²) in [6.45, 7) is 4.67. The maximum absolute atomic E-state index is 12.8. The molecule has 0 atom stereocenters. The number of halogens is 3. The van der Waals surface area contributed by atoms with Gasteiger partial charge in [0.1, 0.15) is 5.75 Å². The van der Waals surface area contributed by atoms with Gasteiger partial charge in [-0.25, -0.2) is 0 Å². The summed E-state index contributed by atoms with van der Waals surface area (Å²) in [5.41, 5.74) is 0.331. The Morgan fingerprint density at radius 3 is 1.91 bits per heavy atom. The number of hydrogen-bond acceptors (Lipinski definition) is 3. The molecule has 0 heterocycles. The van der Waals surface area contributed by atoms with Gasteiger partial charge in [0, 0.05) is 22.5 Å². The van der Waals surface area contributed by atoms with E-state index in [4.69, 9.17) is 4.74 Å². The van der Waals surface area contributed by atoms with Crippen molar-refractivity contribution in [1.29, 1.82) is 0 Å². The Hall–Kier alpha value is -3.81. The molecule has 5 nitrogen and oxygen atoms in total. The summed E-state index contributed by atoms with van der Waals surface area (Å²) in [6.07, 6.45) is -4.50. The second-order valence-corrected chi connectivity index (χ2v) is 7.79. The summed E-state index contributed by atoms with van der Waals surface area (Å²) in [5, 5.41) is 5.17. The number of carbonyl (C=O) groups is 2. The number of rotatable bonds is 7. The lowest BCUT2D eigenvalue weighted by atomic mass is 10.1. The number of anilines is 2. The maximum Gasteiger partial charge on any atom is 0.416 e. The molecule has 2 N–H and O–H groups in total. The van der Waals surface area contributed by atoms with E-state index in [1.807, 2.05) is 13.8 Å². The fourth-order valence-corrected chi connectivity index (χ4v) is 2.85. The van der Waals surface area contributed by atoms with Crippen molar-refractivity contribution in [2.24, 2.45) is 5.92 Å². The molecule has 8 heteroatoms. The summed E-state index contributed by atoms with van der Waals surface area (Å²) in [4.78, 5) is 24.8. The summed E-state index contributed by atoms with van der Waals surface area (Å²) < 4.78 is 44.1. The lowest BCUT2D eigenvalue weighted by Gasteiger charge is -2.11. The highest BCUT2D eigenvalue weighted by molar-refractivity contribution is 6.06. The molecule has 3 aromatic rings. The van der Waals surface area contributed by atoms with E-state index in [2.05, 4.69) is 10.6 Å². The van der Waals surface area contributed by atoms with Crippen LogP contribution in [0.5, 0.6) is 5.75 Å². The van der Waals surface area contributed by atoms with Crippen LogP contribution in [-0.4, -0.2) is 18.4 Å². The lowest BCUT2D eigenvalue weighted by molar-refractivity contribution is -0.137. The van der Waals surface area contributed by atoms with E-state index in [-0.39, 0.29) is 17.2 Å². The van der Waals surface area contributed by atoms with Crippen LogP contribution in [-0.2, 0) is 6.18 Å². The molecular formula is C25H23F3N2O3. The Morgan fingerprint density at radius 1 is 0.818 bits per heavy atom. The Balaban J connectivity index is 1.59. The SMILES string of the molecule is CC(C)COc1ccc(C(=O)Nc2ccc(C(=O)Nc3cccc(C(F)(F)F)c3)cc2)cc1. The standard InChI is InChI=1S/C25H23F3N2O3/c1-16(2)15-33-22-12-8-18(9-13-22)23(31)29-20-10-6-17(7-11-20)24(32)30-21-5-3-4-19(14-21)25(26,27)28/h3-14,16H,15H2,1-2H3,(H,29,31)(H,30,32). The predicted molar refractivity (Wildman–Crippen MR) is 121 cm³/mol. The normalized spacial score (nSPS) is 11.2. The number of alkyl halides is 3. The number of ether oxygens (including phenoxy) is 1. The van der Waals surface area contributed by atoms with Crippen LogP contribution in [0.4, 0.5) is 24.5 Å². The third-order valence-electron chi connectivity index (χ3n) is 4.55.